The fourth-order valence-corrected chi connectivity index (χ4v) is 9.58. The molecule has 0 unspecified atom stereocenters. The summed E-state index contributed by atoms with van der Waals surface area (Å²) < 4.78 is 9.24. The van der Waals surface area contributed by atoms with Crippen molar-refractivity contribution in [1.82, 2.24) is 0 Å². The molecule has 2 aromatic heterocycles. The van der Waals surface area contributed by atoms with Gasteiger partial charge in [-0.2, -0.15) is 0 Å². The lowest BCUT2D eigenvalue weighted by atomic mass is 9.97. The van der Waals surface area contributed by atoms with Gasteiger partial charge in [0, 0.05) is 31.2 Å². The van der Waals surface area contributed by atoms with E-state index < -0.39 is 0 Å². The first-order chi connectivity index (χ1) is 27.3. The third kappa shape index (κ3) is 5.24. The molecule has 2 nitrogen and oxygen atoms in total. The van der Waals surface area contributed by atoms with E-state index in [1.54, 1.807) is 0 Å². The highest BCUT2D eigenvalue weighted by Gasteiger charge is 2.24. The molecule has 0 aliphatic rings. The van der Waals surface area contributed by atoms with Crippen molar-refractivity contribution in [2.75, 3.05) is 4.90 Å². The smallest absolute Gasteiger partial charge is 0.137 e. The van der Waals surface area contributed by atoms with E-state index in [0.717, 1.165) is 44.6 Å². The Bertz CT molecular complexity index is 3190. The summed E-state index contributed by atoms with van der Waals surface area (Å²) in [5, 5.41) is 7.18. The maximum Gasteiger partial charge on any atom is 0.137 e. The molecule has 258 valence electrons. The van der Waals surface area contributed by atoms with Gasteiger partial charge in [0.15, 0.2) is 0 Å². The Kier molecular flexibility index (Phi) is 7.39. The molecule has 0 radical (unpaired) electrons. The molecule has 3 heteroatoms. The summed E-state index contributed by atoms with van der Waals surface area (Å²) in [7, 11) is 0. The standard InChI is InChI=1S/C52H33NOS/c1-3-13-34(14-4-1)38-27-30-43-48(33-38)54-47-23-12-22-45(50(43)47)53(39-28-25-37(26-29-39)41-21-11-18-35-17-7-8-19-40(35)41)46-32-31-42(36-15-5-2-6-16-36)52-51(46)44-20-9-10-24-49(44)55-52/h1-33H. The second-order valence-corrected chi connectivity index (χ2v) is 15.1. The fourth-order valence-electron chi connectivity index (χ4n) is 8.32. The molecule has 0 aliphatic heterocycles. The lowest BCUT2D eigenvalue weighted by molar-refractivity contribution is 0.669. The molecule has 11 rings (SSSR count). The quantitative estimate of drug-likeness (QED) is 0.170. The Morgan fingerprint density at radius 2 is 1.04 bits per heavy atom. The van der Waals surface area contributed by atoms with Crippen molar-refractivity contribution in [3.05, 3.63) is 200 Å². The van der Waals surface area contributed by atoms with E-state index in [1.807, 2.05) is 11.3 Å². The molecule has 0 N–H and O–H groups in total. The van der Waals surface area contributed by atoms with E-state index in [1.165, 1.54) is 58.8 Å². The molecule has 55 heavy (non-hydrogen) atoms. The van der Waals surface area contributed by atoms with Crippen molar-refractivity contribution in [1.29, 1.82) is 0 Å². The Hall–Kier alpha value is -6.94. The number of benzene rings is 9. The summed E-state index contributed by atoms with van der Waals surface area (Å²) >= 11 is 1.87. The van der Waals surface area contributed by atoms with Gasteiger partial charge in [-0.3, -0.25) is 0 Å². The van der Waals surface area contributed by atoms with Gasteiger partial charge < -0.3 is 9.32 Å². The number of furan rings is 1. The zero-order chi connectivity index (χ0) is 36.3. The zero-order valence-electron chi connectivity index (χ0n) is 29.8. The van der Waals surface area contributed by atoms with Gasteiger partial charge >= 0.3 is 0 Å². The molecule has 2 heterocycles. The van der Waals surface area contributed by atoms with Crippen LogP contribution in [-0.4, -0.2) is 0 Å². The van der Waals surface area contributed by atoms with Gasteiger partial charge in [0.2, 0.25) is 0 Å². The molecule has 0 fully saturated rings. The van der Waals surface area contributed by atoms with Crippen LogP contribution in [0.4, 0.5) is 17.1 Å². The van der Waals surface area contributed by atoms with Crippen LogP contribution >= 0.6 is 11.3 Å². The lowest BCUT2D eigenvalue weighted by Crippen LogP contribution is -2.11. The van der Waals surface area contributed by atoms with E-state index in [2.05, 4.69) is 205 Å². The van der Waals surface area contributed by atoms with Crippen molar-refractivity contribution in [3.63, 3.8) is 0 Å². The first-order valence-corrected chi connectivity index (χ1v) is 19.5. The van der Waals surface area contributed by atoms with Crippen molar-refractivity contribution in [3.8, 4) is 33.4 Å². The molecular weight excluding hydrogens is 687 g/mol. The van der Waals surface area contributed by atoms with E-state index in [0.29, 0.717) is 0 Å². The van der Waals surface area contributed by atoms with E-state index in [-0.39, 0.29) is 0 Å². The number of fused-ring (bicyclic) bond motifs is 7. The Balaban J connectivity index is 1.17. The fraction of sp³-hybridized carbons (Fsp3) is 0. The molecule has 0 aliphatic carbocycles. The summed E-state index contributed by atoms with van der Waals surface area (Å²) in [6, 6.07) is 72.1. The zero-order valence-corrected chi connectivity index (χ0v) is 30.6. The van der Waals surface area contributed by atoms with Crippen LogP contribution in [-0.2, 0) is 0 Å². The van der Waals surface area contributed by atoms with Gasteiger partial charge in [-0.05, 0) is 92.7 Å². The average molecular weight is 720 g/mol. The minimum Gasteiger partial charge on any atom is -0.456 e. The van der Waals surface area contributed by atoms with Crippen LogP contribution in [0.5, 0.6) is 0 Å². The summed E-state index contributed by atoms with van der Waals surface area (Å²) in [5.74, 6) is 0. The predicted molar refractivity (Wildman–Crippen MR) is 235 cm³/mol. The summed E-state index contributed by atoms with van der Waals surface area (Å²) in [6.45, 7) is 0. The minimum absolute atomic E-state index is 0.863. The molecule has 0 saturated carbocycles. The third-order valence-corrected chi connectivity index (χ3v) is 12.1. The molecule has 0 spiro atoms. The average Bonchev–Trinajstić information content (AvgIpc) is 3.84. The van der Waals surface area contributed by atoms with Crippen molar-refractivity contribution in [2.24, 2.45) is 0 Å². The van der Waals surface area contributed by atoms with Crippen LogP contribution in [0.25, 0.3) is 86.3 Å². The summed E-state index contributed by atoms with van der Waals surface area (Å²) in [5.41, 5.74) is 12.2. The van der Waals surface area contributed by atoms with E-state index >= 15 is 0 Å². The molecular formula is C52H33NOS. The van der Waals surface area contributed by atoms with E-state index in [9.17, 15) is 0 Å². The number of rotatable bonds is 6. The van der Waals surface area contributed by atoms with Gasteiger partial charge in [-0.1, -0.05) is 152 Å². The molecule has 9 aromatic carbocycles. The number of hydrogen-bond donors (Lipinski definition) is 0. The van der Waals surface area contributed by atoms with Crippen LogP contribution in [0.1, 0.15) is 0 Å². The van der Waals surface area contributed by atoms with E-state index in [4.69, 9.17) is 4.42 Å². The van der Waals surface area contributed by atoms with Gasteiger partial charge in [0.1, 0.15) is 11.2 Å². The molecule has 0 atom stereocenters. The molecule has 11 aromatic rings. The Labute approximate surface area is 322 Å². The first-order valence-electron chi connectivity index (χ1n) is 18.7. The molecule has 0 bridgehead atoms. The number of nitrogens with zero attached hydrogens (tertiary/aromatic N) is 1. The minimum atomic E-state index is 0.863. The highest BCUT2D eigenvalue weighted by Crippen LogP contribution is 2.50. The number of thiophene rings is 1. The van der Waals surface area contributed by atoms with Crippen molar-refractivity contribution < 1.29 is 4.42 Å². The monoisotopic (exact) mass is 719 g/mol. The number of anilines is 3. The largest absolute Gasteiger partial charge is 0.456 e. The Morgan fingerprint density at radius 3 is 1.87 bits per heavy atom. The normalized spacial score (nSPS) is 11.6. The lowest BCUT2D eigenvalue weighted by Gasteiger charge is -2.28. The highest BCUT2D eigenvalue weighted by atomic mass is 32.1. The summed E-state index contributed by atoms with van der Waals surface area (Å²) in [6.07, 6.45) is 0. The summed E-state index contributed by atoms with van der Waals surface area (Å²) in [4.78, 5) is 2.45. The first kappa shape index (κ1) is 31.6. The topological polar surface area (TPSA) is 16.4 Å². The van der Waals surface area contributed by atoms with Gasteiger partial charge in [-0.15, -0.1) is 11.3 Å². The van der Waals surface area contributed by atoms with Crippen molar-refractivity contribution >= 4 is 81.3 Å². The Morgan fingerprint density at radius 1 is 0.382 bits per heavy atom. The molecule has 0 amide bonds. The maximum atomic E-state index is 6.69. The van der Waals surface area contributed by atoms with Gasteiger partial charge in [0.25, 0.3) is 0 Å². The van der Waals surface area contributed by atoms with Crippen molar-refractivity contribution in [2.45, 2.75) is 0 Å². The SMILES string of the molecule is c1ccc(-c2ccc3c(c2)oc2cccc(N(c4ccc(-c5cccc6ccccc56)cc4)c4ccc(-c5ccccc5)c5sc6ccccc6c45)c23)cc1. The molecule has 0 saturated heterocycles. The number of hydrogen-bond acceptors (Lipinski definition) is 3. The maximum absolute atomic E-state index is 6.69. The predicted octanol–water partition coefficient (Wildman–Crippen LogP) is 15.6. The highest BCUT2D eigenvalue weighted by molar-refractivity contribution is 7.26. The van der Waals surface area contributed by atoms with Gasteiger partial charge in [-0.25, -0.2) is 0 Å². The van der Waals surface area contributed by atoms with Crippen LogP contribution < -0.4 is 4.90 Å². The van der Waals surface area contributed by atoms with Crippen LogP contribution in [0.3, 0.4) is 0 Å². The van der Waals surface area contributed by atoms with Crippen LogP contribution in [0, 0.1) is 0 Å². The third-order valence-electron chi connectivity index (χ3n) is 10.9. The van der Waals surface area contributed by atoms with Gasteiger partial charge in [0.05, 0.1) is 16.8 Å². The van der Waals surface area contributed by atoms with Crippen LogP contribution in [0.15, 0.2) is 205 Å². The van der Waals surface area contributed by atoms with Crippen LogP contribution in [0.2, 0.25) is 0 Å². The second-order valence-electron chi connectivity index (χ2n) is 14.0. The second kappa shape index (κ2) is 12.9.